The number of thiocarbonyl (C=S) groups is 1. The van der Waals surface area contributed by atoms with E-state index in [0.29, 0.717) is 10.5 Å². The van der Waals surface area contributed by atoms with Gasteiger partial charge >= 0.3 is 5.97 Å². The van der Waals surface area contributed by atoms with Crippen molar-refractivity contribution in [3.63, 3.8) is 0 Å². The number of ether oxygens (including phenoxy) is 1. The third-order valence-corrected chi connectivity index (χ3v) is 5.60. The molecule has 0 fully saturated rings. The zero-order valence-corrected chi connectivity index (χ0v) is 18.5. The predicted octanol–water partition coefficient (Wildman–Crippen LogP) is 2.10. The standard InChI is InChI=1S/C22H22N2O5S2/c1-29-21(28)22(14-30,18(31)12-17(25)15-8-4-2-5-9-15)24(19(26)13-23)20(27)16-10-6-3-7-11-16/h2-11,30H,12-14,23H2,1H3/t22-/m0/s1. The molecular weight excluding hydrogens is 436 g/mol. The molecule has 2 rings (SSSR count). The maximum absolute atomic E-state index is 13.3. The number of esters is 1. The van der Waals surface area contributed by atoms with Gasteiger partial charge in [-0.2, -0.15) is 12.6 Å². The number of carbonyl (C=O) groups excluding carboxylic acids is 4. The smallest absolute Gasteiger partial charge is 0.338 e. The number of rotatable bonds is 9. The summed E-state index contributed by atoms with van der Waals surface area (Å²) in [5, 5.41) is 0. The molecule has 0 bridgehead atoms. The summed E-state index contributed by atoms with van der Waals surface area (Å²) < 4.78 is 4.90. The molecule has 2 N–H and O–H groups in total. The largest absolute Gasteiger partial charge is 0.467 e. The quantitative estimate of drug-likeness (QED) is 0.256. The zero-order chi connectivity index (χ0) is 23.0. The first-order chi connectivity index (χ1) is 14.8. The van der Waals surface area contributed by atoms with E-state index < -0.39 is 29.9 Å². The Kier molecular flexibility index (Phi) is 8.61. The minimum atomic E-state index is -2.10. The Morgan fingerprint density at radius 2 is 1.52 bits per heavy atom. The number of ketones is 1. The lowest BCUT2D eigenvalue weighted by Gasteiger charge is -2.39. The molecule has 0 saturated carbocycles. The lowest BCUT2D eigenvalue weighted by Crippen LogP contribution is -2.66. The Labute approximate surface area is 191 Å². The molecule has 0 heterocycles. The van der Waals surface area contributed by atoms with Crippen molar-refractivity contribution in [3.05, 3.63) is 71.8 Å². The van der Waals surface area contributed by atoms with Crippen LogP contribution in [0.15, 0.2) is 60.7 Å². The van der Waals surface area contributed by atoms with E-state index in [4.69, 9.17) is 22.7 Å². The first-order valence-electron chi connectivity index (χ1n) is 9.26. The number of nitrogens with zero attached hydrogens (tertiary/aromatic N) is 1. The molecule has 0 spiro atoms. The van der Waals surface area contributed by atoms with Crippen LogP contribution in [0.25, 0.3) is 0 Å². The number of benzene rings is 2. The van der Waals surface area contributed by atoms with Crippen molar-refractivity contribution in [2.24, 2.45) is 5.73 Å². The van der Waals surface area contributed by atoms with E-state index in [1.165, 1.54) is 12.1 Å². The Bertz CT molecular complexity index is 982. The fraction of sp³-hybridized carbons (Fsp3) is 0.227. The van der Waals surface area contributed by atoms with Crippen LogP contribution in [-0.2, 0) is 14.3 Å². The van der Waals surface area contributed by atoms with Gasteiger partial charge in [0.2, 0.25) is 5.91 Å². The van der Waals surface area contributed by atoms with E-state index in [1.54, 1.807) is 48.5 Å². The van der Waals surface area contributed by atoms with Crippen LogP contribution in [-0.4, -0.2) is 58.3 Å². The summed E-state index contributed by atoms with van der Waals surface area (Å²) in [4.78, 5) is 52.3. The Hall–Kier alpha value is -2.88. The van der Waals surface area contributed by atoms with Crippen LogP contribution in [0.3, 0.4) is 0 Å². The summed E-state index contributed by atoms with van der Waals surface area (Å²) in [7, 11) is 1.10. The highest BCUT2D eigenvalue weighted by Crippen LogP contribution is 2.27. The average molecular weight is 459 g/mol. The van der Waals surface area contributed by atoms with Crippen LogP contribution in [0.1, 0.15) is 27.1 Å². The lowest BCUT2D eigenvalue weighted by atomic mass is 9.89. The number of imide groups is 1. The molecule has 1 atom stereocenters. The van der Waals surface area contributed by atoms with Crippen molar-refractivity contribution in [3.8, 4) is 0 Å². The van der Waals surface area contributed by atoms with Gasteiger partial charge in [0.1, 0.15) is 0 Å². The fourth-order valence-electron chi connectivity index (χ4n) is 3.04. The number of carbonyl (C=O) groups is 4. The number of hydrogen-bond acceptors (Lipinski definition) is 8. The minimum absolute atomic E-state index is 0.136. The van der Waals surface area contributed by atoms with Gasteiger partial charge in [-0.05, 0) is 12.1 Å². The van der Waals surface area contributed by atoms with Gasteiger partial charge in [-0.15, -0.1) is 0 Å². The number of thiol groups is 1. The second-order valence-corrected chi connectivity index (χ2v) is 7.31. The van der Waals surface area contributed by atoms with Crippen LogP contribution < -0.4 is 5.73 Å². The van der Waals surface area contributed by atoms with Gasteiger partial charge in [0.05, 0.1) is 13.7 Å². The SMILES string of the molecule is COC(=O)[C@](CS)(C(=S)CC(=O)c1ccccc1)N(C(=O)CN)C(=O)c1ccccc1. The van der Waals surface area contributed by atoms with E-state index in [9.17, 15) is 19.2 Å². The van der Waals surface area contributed by atoms with Crippen molar-refractivity contribution in [2.75, 3.05) is 19.4 Å². The van der Waals surface area contributed by atoms with Gasteiger partial charge in [-0.3, -0.25) is 19.3 Å². The predicted molar refractivity (Wildman–Crippen MR) is 123 cm³/mol. The minimum Gasteiger partial charge on any atom is -0.467 e. The van der Waals surface area contributed by atoms with Gasteiger partial charge in [-0.25, -0.2) is 4.79 Å². The first kappa shape index (κ1) is 24.4. The number of Topliss-reactive ketones (excluding diaryl/α,β-unsaturated/α-hetero) is 1. The normalized spacial score (nSPS) is 12.4. The summed E-state index contributed by atoms with van der Waals surface area (Å²) in [5.74, 6) is -3.41. The summed E-state index contributed by atoms with van der Waals surface area (Å²) in [5.41, 5.74) is 3.95. The highest BCUT2D eigenvalue weighted by molar-refractivity contribution is 7.82. The topological polar surface area (TPSA) is 107 Å². The van der Waals surface area contributed by atoms with Crippen LogP contribution >= 0.6 is 24.8 Å². The molecule has 0 aliphatic heterocycles. The summed E-state index contributed by atoms with van der Waals surface area (Å²) in [6.07, 6.45) is -0.384. The number of methoxy groups -OCH3 is 1. The summed E-state index contributed by atoms with van der Waals surface area (Å²) in [6.45, 7) is -0.569. The van der Waals surface area contributed by atoms with Crippen LogP contribution in [0.5, 0.6) is 0 Å². The van der Waals surface area contributed by atoms with E-state index in [1.807, 2.05) is 0 Å². The number of nitrogens with two attached hydrogens (primary N) is 1. The molecule has 0 unspecified atom stereocenters. The monoisotopic (exact) mass is 458 g/mol. The average Bonchev–Trinajstić information content (AvgIpc) is 2.82. The van der Waals surface area contributed by atoms with Crippen molar-refractivity contribution in [2.45, 2.75) is 12.0 Å². The Morgan fingerprint density at radius 1 is 1.00 bits per heavy atom. The molecular formula is C22H22N2O5S2. The molecule has 0 aliphatic carbocycles. The van der Waals surface area contributed by atoms with Gasteiger partial charge in [-0.1, -0.05) is 60.7 Å². The second-order valence-electron chi connectivity index (χ2n) is 6.50. The molecule has 2 aromatic rings. The van der Waals surface area contributed by atoms with Crippen molar-refractivity contribution >= 4 is 53.3 Å². The van der Waals surface area contributed by atoms with E-state index in [2.05, 4.69) is 12.6 Å². The van der Waals surface area contributed by atoms with Crippen LogP contribution in [0.4, 0.5) is 0 Å². The van der Waals surface area contributed by atoms with Gasteiger partial charge in [0.15, 0.2) is 11.3 Å². The Balaban J connectivity index is 2.58. The fourth-order valence-corrected chi connectivity index (χ4v) is 3.99. The third kappa shape index (κ3) is 5.07. The van der Waals surface area contributed by atoms with Crippen molar-refractivity contribution in [1.29, 1.82) is 0 Å². The van der Waals surface area contributed by atoms with Crippen molar-refractivity contribution < 1.29 is 23.9 Å². The molecule has 0 aliphatic rings. The molecule has 2 amide bonds. The van der Waals surface area contributed by atoms with E-state index >= 15 is 0 Å². The summed E-state index contributed by atoms with van der Waals surface area (Å²) >= 11 is 9.70. The molecule has 162 valence electrons. The zero-order valence-electron chi connectivity index (χ0n) is 16.8. The van der Waals surface area contributed by atoms with Crippen molar-refractivity contribution in [1.82, 2.24) is 4.90 Å². The highest BCUT2D eigenvalue weighted by Gasteiger charge is 2.53. The van der Waals surface area contributed by atoms with E-state index in [0.717, 1.165) is 7.11 Å². The first-order valence-corrected chi connectivity index (χ1v) is 10.3. The third-order valence-electron chi connectivity index (χ3n) is 4.66. The van der Waals surface area contributed by atoms with Gasteiger partial charge < -0.3 is 10.5 Å². The lowest BCUT2D eigenvalue weighted by molar-refractivity contribution is -0.152. The molecule has 0 radical (unpaired) electrons. The van der Waals surface area contributed by atoms with E-state index in [-0.39, 0.29) is 28.4 Å². The Morgan fingerprint density at radius 3 is 1.97 bits per heavy atom. The molecule has 2 aromatic carbocycles. The molecule has 7 nitrogen and oxygen atoms in total. The maximum Gasteiger partial charge on any atom is 0.338 e. The molecule has 9 heteroatoms. The highest BCUT2D eigenvalue weighted by atomic mass is 32.1. The number of hydrogen-bond donors (Lipinski definition) is 2. The second kappa shape index (κ2) is 10.9. The molecule has 0 saturated heterocycles. The maximum atomic E-state index is 13.3. The molecule has 31 heavy (non-hydrogen) atoms. The van der Waals surface area contributed by atoms with Gasteiger partial charge in [0.25, 0.3) is 5.91 Å². The van der Waals surface area contributed by atoms with Gasteiger partial charge in [0, 0.05) is 28.2 Å². The number of amides is 2. The molecule has 0 aromatic heterocycles. The summed E-state index contributed by atoms with van der Waals surface area (Å²) in [6, 6.07) is 16.2. The van der Waals surface area contributed by atoms with Crippen LogP contribution in [0, 0.1) is 0 Å². The van der Waals surface area contributed by atoms with Crippen LogP contribution in [0.2, 0.25) is 0 Å².